The van der Waals surface area contributed by atoms with Gasteiger partial charge in [0.05, 0.1) is 17.1 Å². The van der Waals surface area contributed by atoms with Crippen LogP contribution in [-0.2, 0) is 4.79 Å². The van der Waals surface area contributed by atoms with Crippen molar-refractivity contribution in [3.05, 3.63) is 29.8 Å². The Kier molecular flexibility index (Phi) is 4.87. The van der Waals surface area contributed by atoms with Gasteiger partial charge in [-0.05, 0) is 26.0 Å². The number of carbonyl (C=O) groups excluding carboxylic acids is 1. The number of hydrogen-bond donors (Lipinski definition) is 1. The Labute approximate surface area is 99.8 Å². The minimum Gasteiger partial charge on any atom is -0.325 e. The van der Waals surface area contributed by atoms with E-state index in [2.05, 4.69) is 5.32 Å². The SMILES string of the molecule is Cc1ccc(NC(=O)C(C)SCC#N)cc1. The van der Waals surface area contributed by atoms with Gasteiger partial charge in [-0.15, -0.1) is 11.8 Å². The molecule has 0 fully saturated rings. The van der Waals surface area contributed by atoms with E-state index < -0.39 is 0 Å². The van der Waals surface area contributed by atoms with Gasteiger partial charge in [0.25, 0.3) is 0 Å². The van der Waals surface area contributed by atoms with Crippen molar-refractivity contribution < 1.29 is 4.79 Å². The molecule has 0 radical (unpaired) electrons. The van der Waals surface area contributed by atoms with Crippen LogP contribution in [0.1, 0.15) is 12.5 Å². The summed E-state index contributed by atoms with van der Waals surface area (Å²) in [4.78, 5) is 11.7. The van der Waals surface area contributed by atoms with Crippen LogP contribution in [0.2, 0.25) is 0 Å². The van der Waals surface area contributed by atoms with Gasteiger partial charge < -0.3 is 5.32 Å². The second kappa shape index (κ2) is 6.19. The molecule has 0 saturated heterocycles. The van der Waals surface area contributed by atoms with Crippen molar-refractivity contribution in [1.29, 1.82) is 5.26 Å². The second-order valence-corrected chi connectivity index (χ2v) is 4.80. The number of nitriles is 1. The fraction of sp³-hybridized carbons (Fsp3) is 0.333. The lowest BCUT2D eigenvalue weighted by Crippen LogP contribution is -2.22. The summed E-state index contributed by atoms with van der Waals surface area (Å²) >= 11 is 1.33. The van der Waals surface area contributed by atoms with Crippen molar-refractivity contribution >= 4 is 23.4 Å². The first-order valence-electron chi connectivity index (χ1n) is 4.99. The van der Waals surface area contributed by atoms with Gasteiger partial charge in [0, 0.05) is 5.69 Å². The van der Waals surface area contributed by atoms with E-state index in [4.69, 9.17) is 5.26 Å². The molecule has 1 rings (SSSR count). The number of thioether (sulfide) groups is 1. The quantitative estimate of drug-likeness (QED) is 0.871. The first kappa shape index (κ1) is 12.6. The lowest BCUT2D eigenvalue weighted by molar-refractivity contribution is -0.115. The van der Waals surface area contributed by atoms with E-state index in [1.165, 1.54) is 11.8 Å². The van der Waals surface area contributed by atoms with Gasteiger partial charge in [0.15, 0.2) is 0 Å². The monoisotopic (exact) mass is 234 g/mol. The highest BCUT2D eigenvalue weighted by Crippen LogP contribution is 2.14. The number of anilines is 1. The maximum atomic E-state index is 11.7. The first-order valence-corrected chi connectivity index (χ1v) is 6.04. The van der Waals surface area contributed by atoms with Crippen molar-refractivity contribution in [1.82, 2.24) is 0 Å². The average molecular weight is 234 g/mol. The highest BCUT2D eigenvalue weighted by molar-refractivity contribution is 8.00. The van der Waals surface area contributed by atoms with Crippen LogP contribution in [0.3, 0.4) is 0 Å². The Bertz CT molecular complexity index is 394. The van der Waals surface area contributed by atoms with Crippen molar-refractivity contribution in [2.24, 2.45) is 0 Å². The smallest absolute Gasteiger partial charge is 0.237 e. The highest BCUT2D eigenvalue weighted by atomic mass is 32.2. The summed E-state index contributed by atoms with van der Waals surface area (Å²) in [7, 11) is 0. The topological polar surface area (TPSA) is 52.9 Å². The predicted molar refractivity (Wildman–Crippen MR) is 67.3 cm³/mol. The molecule has 16 heavy (non-hydrogen) atoms. The normalized spacial score (nSPS) is 11.6. The third-order valence-corrected chi connectivity index (χ3v) is 3.10. The van der Waals surface area contributed by atoms with Crippen molar-refractivity contribution in [2.75, 3.05) is 11.1 Å². The number of carbonyl (C=O) groups is 1. The number of nitrogens with zero attached hydrogens (tertiary/aromatic N) is 1. The molecular weight excluding hydrogens is 220 g/mol. The molecule has 84 valence electrons. The predicted octanol–water partition coefficient (Wildman–Crippen LogP) is 2.58. The Morgan fingerprint density at radius 1 is 1.50 bits per heavy atom. The molecule has 4 heteroatoms. The highest BCUT2D eigenvalue weighted by Gasteiger charge is 2.12. The van der Waals surface area contributed by atoms with Crippen LogP contribution in [0.15, 0.2) is 24.3 Å². The number of amides is 1. The zero-order valence-electron chi connectivity index (χ0n) is 9.36. The summed E-state index contributed by atoms with van der Waals surface area (Å²) in [6, 6.07) is 9.64. The maximum Gasteiger partial charge on any atom is 0.237 e. The van der Waals surface area contributed by atoms with Gasteiger partial charge in [-0.2, -0.15) is 5.26 Å². The summed E-state index contributed by atoms with van der Waals surface area (Å²) in [5.74, 6) is 0.270. The van der Waals surface area contributed by atoms with E-state index in [-0.39, 0.29) is 11.2 Å². The zero-order valence-corrected chi connectivity index (χ0v) is 10.2. The average Bonchev–Trinajstić information content (AvgIpc) is 2.29. The van der Waals surface area contributed by atoms with Gasteiger partial charge in [-0.25, -0.2) is 0 Å². The van der Waals surface area contributed by atoms with Gasteiger partial charge in [-0.1, -0.05) is 17.7 Å². The summed E-state index contributed by atoms with van der Waals surface area (Å²) in [5, 5.41) is 11.0. The Hall–Kier alpha value is -1.47. The minimum absolute atomic E-state index is 0.0656. The molecule has 1 unspecified atom stereocenters. The van der Waals surface area contributed by atoms with E-state index in [9.17, 15) is 4.79 Å². The standard InChI is InChI=1S/C12H14N2OS/c1-9-3-5-11(6-4-9)14-12(15)10(2)16-8-7-13/h3-6,10H,8H2,1-2H3,(H,14,15). The lowest BCUT2D eigenvalue weighted by atomic mass is 10.2. The van der Waals surface area contributed by atoms with Gasteiger partial charge >= 0.3 is 0 Å². The van der Waals surface area contributed by atoms with Crippen LogP contribution in [0.4, 0.5) is 5.69 Å². The number of nitrogens with one attached hydrogen (secondary N) is 1. The van der Waals surface area contributed by atoms with E-state index >= 15 is 0 Å². The molecule has 1 N–H and O–H groups in total. The molecule has 0 saturated carbocycles. The lowest BCUT2D eigenvalue weighted by Gasteiger charge is -2.10. The maximum absolute atomic E-state index is 11.7. The molecule has 0 spiro atoms. The summed E-state index contributed by atoms with van der Waals surface area (Å²) < 4.78 is 0. The second-order valence-electron chi connectivity index (χ2n) is 3.47. The molecule has 0 aliphatic rings. The van der Waals surface area contributed by atoms with Crippen LogP contribution < -0.4 is 5.32 Å². The Morgan fingerprint density at radius 3 is 2.69 bits per heavy atom. The number of rotatable bonds is 4. The van der Waals surface area contributed by atoms with Crippen LogP contribution in [0.5, 0.6) is 0 Å². The number of aryl methyl sites for hydroxylation is 1. The largest absolute Gasteiger partial charge is 0.325 e. The molecule has 1 aromatic rings. The number of benzene rings is 1. The van der Waals surface area contributed by atoms with Crippen LogP contribution in [-0.4, -0.2) is 16.9 Å². The van der Waals surface area contributed by atoms with Gasteiger partial charge in [-0.3, -0.25) is 4.79 Å². The Balaban J connectivity index is 2.51. The summed E-state index contributed by atoms with van der Waals surface area (Å²) in [6.45, 7) is 3.79. The molecule has 1 atom stereocenters. The zero-order chi connectivity index (χ0) is 12.0. The molecule has 0 aliphatic heterocycles. The van der Waals surface area contributed by atoms with E-state index in [1.807, 2.05) is 37.3 Å². The van der Waals surface area contributed by atoms with Gasteiger partial charge in [0.2, 0.25) is 5.91 Å². The van der Waals surface area contributed by atoms with E-state index in [0.717, 1.165) is 11.3 Å². The molecule has 0 aromatic heterocycles. The number of hydrogen-bond acceptors (Lipinski definition) is 3. The van der Waals surface area contributed by atoms with E-state index in [1.54, 1.807) is 6.92 Å². The molecule has 0 aliphatic carbocycles. The minimum atomic E-state index is -0.207. The molecule has 0 heterocycles. The van der Waals surface area contributed by atoms with Crippen molar-refractivity contribution in [2.45, 2.75) is 19.1 Å². The molecule has 1 amide bonds. The summed E-state index contributed by atoms with van der Waals surface area (Å²) in [6.07, 6.45) is 0. The third-order valence-electron chi connectivity index (χ3n) is 2.09. The molecular formula is C12H14N2OS. The van der Waals surface area contributed by atoms with Crippen LogP contribution >= 0.6 is 11.8 Å². The fourth-order valence-corrected chi connectivity index (χ4v) is 1.65. The third kappa shape index (κ3) is 3.95. The van der Waals surface area contributed by atoms with Crippen LogP contribution in [0.25, 0.3) is 0 Å². The molecule has 1 aromatic carbocycles. The molecule has 0 bridgehead atoms. The fourth-order valence-electron chi connectivity index (χ4n) is 1.12. The van der Waals surface area contributed by atoms with Crippen molar-refractivity contribution in [3.8, 4) is 6.07 Å². The molecule has 3 nitrogen and oxygen atoms in total. The first-order chi connectivity index (χ1) is 7.63. The van der Waals surface area contributed by atoms with Gasteiger partial charge in [0.1, 0.15) is 0 Å². The van der Waals surface area contributed by atoms with E-state index in [0.29, 0.717) is 5.75 Å². The van der Waals surface area contributed by atoms with Crippen LogP contribution in [0, 0.1) is 18.3 Å². The van der Waals surface area contributed by atoms with Crippen molar-refractivity contribution in [3.63, 3.8) is 0 Å². The summed E-state index contributed by atoms with van der Waals surface area (Å²) in [5.41, 5.74) is 1.95. The Morgan fingerprint density at radius 2 is 2.12 bits per heavy atom.